The number of hydrogen-bond acceptors (Lipinski definition) is 0. The third kappa shape index (κ3) is 1.97. The molecule has 0 spiro atoms. The molecule has 0 aliphatic rings. The van der Waals surface area contributed by atoms with Gasteiger partial charge in [-0.15, -0.1) is 0 Å². The Labute approximate surface area is 51.9 Å². The SMILES string of the molecule is C=C(C)C(=C)C(C)C. The fraction of sp³-hybridized carbons (Fsp3) is 0.500. The molecule has 0 amide bonds. The van der Waals surface area contributed by atoms with Crippen molar-refractivity contribution in [3.8, 4) is 0 Å². The molecule has 8 heavy (non-hydrogen) atoms. The van der Waals surface area contributed by atoms with E-state index in [1.165, 1.54) is 0 Å². The van der Waals surface area contributed by atoms with Gasteiger partial charge in [0.05, 0.1) is 0 Å². The number of hydrogen-bond donors (Lipinski definition) is 0. The van der Waals surface area contributed by atoms with Gasteiger partial charge in [-0.25, -0.2) is 0 Å². The molecule has 0 heterocycles. The van der Waals surface area contributed by atoms with E-state index in [1.54, 1.807) is 0 Å². The van der Waals surface area contributed by atoms with E-state index in [2.05, 4.69) is 27.0 Å². The monoisotopic (exact) mass is 110 g/mol. The second-order valence-electron chi connectivity index (χ2n) is 2.46. The molecule has 0 aliphatic carbocycles. The fourth-order valence-electron chi connectivity index (χ4n) is 0.493. The van der Waals surface area contributed by atoms with Gasteiger partial charge in [0, 0.05) is 0 Å². The zero-order valence-electron chi connectivity index (χ0n) is 5.99. The van der Waals surface area contributed by atoms with Crippen molar-refractivity contribution in [2.75, 3.05) is 0 Å². The summed E-state index contributed by atoms with van der Waals surface area (Å²) < 4.78 is 0. The van der Waals surface area contributed by atoms with Gasteiger partial charge in [-0.2, -0.15) is 0 Å². The van der Waals surface area contributed by atoms with Gasteiger partial charge in [-0.3, -0.25) is 0 Å². The van der Waals surface area contributed by atoms with Gasteiger partial charge in [-0.05, 0) is 12.8 Å². The Morgan fingerprint density at radius 1 is 1.25 bits per heavy atom. The minimum Gasteiger partial charge on any atom is -0.0958 e. The number of rotatable bonds is 2. The van der Waals surface area contributed by atoms with Crippen molar-refractivity contribution in [1.29, 1.82) is 0 Å². The predicted octanol–water partition coefficient (Wildman–Crippen LogP) is 2.77. The second-order valence-corrected chi connectivity index (χ2v) is 2.46. The highest BCUT2D eigenvalue weighted by Crippen LogP contribution is 2.13. The molecular formula is C8H14. The van der Waals surface area contributed by atoms with Crippen molar-refractivity contribution in [2.45, 2.75) is 20.8 Å². The van der Waals surface area contributed by atoms with Crippen molar-refractivity contribution < 1.29 is 0 Å². The Hall–Kier alpha value is -0.520. The van der Waals surface area contributed by atoms with Crippen LogP contribution in [-0.2, 0) is 0 Å². The first-order valence-electron chi connectivity index (χ1n) is 2.90. The smallest absolute Gasteiger partial charge is 0.0222 e. The molecule has 0 radical (unpaired) electrons. The summed E-state index contributed by atoms with van der Waals surface area (Å²) in [6, 6.07) is 0. The van der Waals surface area contributed by atoms with E-state index >= 15 is 0 Å². The molecule has 0 aliphatic heterocycles. The maximum absolute atomic E-state index is 3.85. The lowest BCUT2D eigenvalue weighted by atomic mass is 10.00. The van der Waals surface area contributed by atoms with Gasteiger partial charge in [0.15, 0.2) is 0 Å². The van der Waals surface area contributed by atoms with Crippen LogP contribution in [0.25, 0.3) is 0 Å². The maximum atomic E-state index is 3.85. The summed E-state index contributed by atoms with van der Waals surface area (Å²) in [5.41, 5.74) is 2.25. The maximum Gasteiger partial charge on any atom is -0.0222 e. The Kier molecular flexibility index (Phi) is 2.53. The predicted molar refractivity (Wildman–Crippen MR) is 38.8 cm³/mol. The molecule has 0 unspecified atom stereocenters. The van der Waals surface area contributed by atoms with Crippen LogP contribution in [0.5, 0.6) is 0 Å². The third-order valence-electron chi connectivity index (χ3n) is 1.25. The van der Waals surface area contributed by atoms with E-state index in [0.717, 1.165) is 11.1 Å². The van der Waals surface area contributed by atoms with E-state index in [1.807, 2.05) is 6.92 Å². The van der Waals surface area contributed by atoms with E-state index in [9.17, 15) is 0 Å². The van der Waals surface area contributed by atoms with E-state index in [4.69, 9.17) is 0 Å². The second kappa shape index (κ2) is 2.71. The summed E-state index contributed by atoms with van der Waals surface area (Å²) in [5.74, 6) is 0.549. The molecule has 0 rings (SSSR count). The molecule has 0 aromatic heterocycles. The highest BCUT2D eigenvalue weighted by molar-refractivity contribution is 5.23. The summed E-state index contributed by atoms with van der Waals surface area (Å²) in [4.78, 5) is 0. The van der Waals surface area contributed by atoms with Crippen LogP contribution < -0.4 is 0 Å². The molecule has 0 atom stereocenters. The van der Waals surface area contributed by atoms with Crippen molar-refractivity contribution in [3.63, 3.8) is 0 Å². The first-order chi connectivity index (χ1) is 3.55. The lowest BCUT2D eigenvalue weighted by molar-refractivity contribution is 0.782. The van der Waals surface area contributed by atoms with Crippen molar-refractivity contribution >= 4 is 0 Å². The van der Waals surface area contributed by atoms with Gasteiger partial charge in [0.25, 0.3) is 0 Å². The summed E-state index contributed by atoms with van der Waals surface area (Å²) in [6.07, 6.45) is 0. The quantitative estimate of drug-likeness (QED) is 0.479. The summed E-state index contributed by atoms with van der Waals surface area (Å²) in [7, 11) is 0. The minimum atomic E-state index is 0.549. The largest absolute Gasteiger partial charge is 0.0958 e. The van der Waals surface area contributed by atoms with Crippen LogP contribution in [-0.4, -0.2) is 0 Å². The molecule has 0 N–H and O–H groups in total. The molecule has 0 aromatic carbocycles. The summed E-state index contributed by atoms with van der Waals surface area (Å²) in [6.45, 7) is 13.9. The average molecular weight is 110 g/mol. The van der Waals surface area contributed by atoms with E-state index in [-0.39, 0.29) is 0 Å². The van der Waals surface area contributed by atoms with E-state index < -0.39 is 0 Å². The lowest BCUT2D eigenvalue weighted by Crippen LogP contribution is -1.91. The molecule has 0 bridgehead atoms. The topological polar surface area (TPSA) is 0 Å². The van der Waals surface area contributed by atoms with Crippen LogP contribution in [0.4, 0.5) is 0 Å². The third-order valence-corrected chi connectivity index (χ3v) is 1.25. The van der Waals surface area contributed by atoms with Crippen LogP contribution >= 0.6 is 0 Å². The molecule has 0 heteroatoms. The summed E-state index contributed by atoms with van der Waals surface area (Å²) in [5, 5.41) is 0. The highest BCUT2D eigenvalue weighted by atomic mass is 14.0. The van der Waals surface area contributed by atoms with Crippen LogP contribution in [0, 0.1) is 5.92 Å². The van der Waals surface area contributed by atoms with Gasteiger partial charge in [0.1, 0.15) is 0 Å². The standard InChI is InChI=1S/C8H14/c1-6(2)8(5)7(3)4/h7H,1,5H2,2-4H3. The minimum absolute atomic E-state index is 0.549. The van der Waals surface area contributed by atoms with Gasteiger partial charge >= 0.3 is 0 Å². The highest BCUT2D eigenvalue weighted by Gasteiger charge is 1.97. The molecule has 46 valence electrons. The lowest BCUT2D eigenvalue weighted by Gasteiger charge is -2.06. The zero-order chi connectivity index (χ0) is 6.73. The molecule has 0 aromatic rings. The molecule has 0 fully saturated rings. The van der Waals surface area contributed by atoms with Crippen molar-refractivity contribution in [1.82, 2.24) is 0 Å². The van der Waals surface area contributed by atoms with Crippen molar-refractivity contribution in [3.05, 3.63) is 24.3 Å². The van der Waals surface area contributed by atoms with Gasteiger partial charge in [0.2, 0.25) is 0 Å². The van der Waals surface area contributed by atoms with E-state index in [0.29, 0.717) is 5.92 Å². The Balaban J connectivity index is 3.84. The van der Waals surface area contributed by atoms with Crippen LogP contribution in [0.15, 0.2) is 24.3 Å². The first kappa shape index (κ1) is 7.48. The Morgan fingerprint density at radius 2 is 1.62 bits per heavy atom. The Morgan fingerprint density at radius 3 is 1.62 bits per heavy atom. The normalized spacial score (nSPS) is 9.50. The van der Waals surface area contributed by atoms with Gasteiger partial charge in [-0.1, -0.05) is 38.2 Å². The Bertz CT molecular complexity index is 107. The van der Waals surface area contributed by atoms with Crippen LogP contribution in [0.2, 0.25) is 0 Å². The molecule has 0 saturated heterocycles. The first-order valence-corrected chi connectivity index (χ1v) is 2.90. The van der Waals surface area contributed by atoms with Crippen molar-refractivity contribution in [2.24, 2.45) is 5.92 Å². The zero-order valence-corrected chi connectivity index (χ0v) is 5.99. The average Bonchev–Trinajstić information content (AvgIpc) is 1.64. The van der Waals surface area contributed by atoms with Crippen LogP contribution in [0.3, 0.4) is 0 Å². The van der Waals surface area contributed by atoms with Crippen LogP contribution in [0.1, 0.15) is 20.8 Å². The number of allylic oxidation sites excluding steroid dienone is 2. The fourth-order valence-corrected chi connectivity index (χ4v) is 0.493. The molecule has 0 nitrogen and oxygen atoms in total. The molecular weight excluding hydrogens is 96.1 g/mol. The summed E-state index contributed by atoms with van der Waals surface area (Å²) >= 11 is 0. The molecule has 0 saturated carbocycles. The van der Waals surface area contributed by atoms with Gasteiger partial charge < -0.3 is 0 Å².